The Balaban J connectivity index is 1.24. The molecule has 1 saturated carbocycles. The van der Waals surface area contributed by atoms with Crippen LogP contribution in [-0.4, -0.2) is 79.0 Å². The summed E-state index contributed by atoms with van der Waals surface area (Å²) in [5, 5.41) is 8.26. The predicted octanol–water partition coefficient (Wildman–Crippen LogP) is 3.56. The number of imidazole rings is 1. The van der Waals surface area contributed by atoms with Crippen molar-refractivity contribution in [3.05, 3.63) is 48.7 Å². The third kappa shape index (κ3) is 4.14. The van der Waals surface area contributed by atoms with Gasteiger partial charge in [0.25, 0.3) is 5.91 Å². The van der Waals surface area contributed by atoms with Gasteiger partial charge in [0, 0.05) is 48.7 Å². The SMILES string of the molecule is CN(C)[C@H]1CC[C@H](Nc2ncc3c(-c4ccc5ncc(C(=O)N6CCCC6)n5c4)ccn3n2)CC1. The molecule has 9 heteroatoms. The topological polar surface area (TPSA) is 83.1 Å². The number of pyridine rings is 1. The first-order valence-electron chi connectivity index (χ1n) is 12.6. The van der Waals surface area contributed by atoms with Gasteiger partial charge in [0.2, 0.25) is 5.95 Å². The molecular formula is C26H32N8O. The Morgan fingerprint density at radius 3 is 2.60 bits per heavy atom. The second kappa shape index (κ2) is 8.96. The molecule has 0 aromatic carbocycles. The van der Waals surface area contributed by atoms with E-state index >= 15 is 0 Å². The van der Waals surface area contributed by atoms with Gasteiger partial charge in [0.1, 0.15) is 11.3 Å². The molecule has 1 N–H and O–H groups in total. The summed E-state index contributed by atoms with van der Waals surface area (Å²) in [5.74, 6) is 0.712. The third-order valence-electron chi connectivity index (χ3n) is 7.61. The number of fused-ring (bicyclic) bond motifs is 2. The fourth-order valence-electron chi connectivity index (χ4n) is 5.51. The molecule has 35 heavy (non-hydrogen) atoms. The van der Waals surface area contributed by atoms with Crippen LogP contribution in [0.4, 0.5) is 5.95 Å². The molecule has 0 unspecified atom stereocenters. The lowest BCUT2D eigenvalue weighted by Gasteiger charge is -2.32. The fourth-order valence-corrected chi connectivity index (χ4v) is 5.51. The first-order chi connectivity index (χ1) is 17.1. The number of carbonyl (C=O) groups is 1. The van der Waals surface area contributed by atoms with Gasteiger partial charge < -0.3 is 15.1 Å². The van der Waals surface area contributed by atoms with E-state index in [1.165, 1.54) is 12.8 Å². The Hall–Kier alpha value is -3.46. The highest BCUT2D eigenvalue weighted by Gasteiger charge is 2.24. The Bertz CT molecular complexity index is 1360. The van der Waals surface area contributed by atoms with Crippen LogP contribution in [0.3, 0.4) is 0 Å². The Labute approximate surface area is 204 Å². The standard InChI is InChI=1S/C26H32N8O/c1-31(2)20-8-6-19(7-9-20)29-26-28-15-22-21(11-14-34(22)30-26)18-5-10-24-27-16-23(33(24)17-18)25(35)32-12-3-4-13-32/h5,10-11,14-17,19-20H,3-4,6-9,12-13H2,1-2H3,(H,29,30)/t19-,20-. The number of rotatable bonds is 5. The summed E-state index contributed by atoms with van der Waals surface area (Å²) < 4.78 is 3.78. The molecular weight excluding hydrogens is 440 g/mol. The first-order valence-corrected chi connectivity index (χ1v) is 12.6. The lowest BCUT2D eigenvalue weighted by atomic mass is 9.91. The molecule has 4 aromatic rings. The van der Waals surface area contributed by atoms with Crippen molar-refractivity contribution in [3.8, 4) is 11.1 Å². The number of nitrogens with one attached hydrogen (secondary N) is 1. The van der Waals surface area contributed by atoms with E-state index in [0.717, 1.165) is 61.1 Å². The van der Waals surface area contributed by atoms with Crippen molar-refractivity contribution in [2.24, 2.45) is 0 Å². The molecule has 2 fully saturated rings. The Morgan fingerprint density at radius 1 is 1.03 bits per heavy atom. The molecule has 0 bridgehead atoms. The molecule has 0 radical (unpaired) electrons. The summed E-state index contributed by atoms with van der Waals surface area (Å²) in [4.78, 5) is 26.3. The molecule has 0 atom stereocenters. The van der Waals surface area contributed by atoms with Crippen LogP contribution in [0.25, 0.3) is 22.3 Å². The average molecular weight is 473 g/mol. The van der Waals surface area contributed by atoms with Crippen LogP contribution in [0.2, 0.25) is 0 Å². The minimum atomic E-state index is 0.0487. The van der Waals surface area contributed by atoms with Crippen molar-refractivity contribution in [2.75, 3.05) is 32.5 Å². The van der Waals surface area contributed by atoms with Crippen molar-refractivity contribution in [1.82, 2.24) is 33.8 Å². The highest BCUT2D eigenvalue weighted by Crippen LogP contribution is 2.28. The minimum Gasteiger partial charge on any atom is -0.350 e. The summed E-state index contributed by atoms with van der Waals surface area (Å²) in [6, 6.07) is 7.13. The third-order valence-corrected chi connectivity index (χ3v) is 7.61. The number of aromatic nitrogens is 5. The fraction of sp³-hybridized carbons (Fsp3) is 0.462. The highest BCUT2D eigenvalue weighted by molar-refractivity contribution is 5.93. The quantitative estimate of drug-likeness (QED) is 0.478. The number of nitrogens with zero attached hydrogens (tertiary/aromatic N) is 7. The van der Waals surface area contributed by atoms with Crippen LogP contribution in [0.1, 0.15) is 49.0 Å². The Kier molecular flexibility index (Phi) is 5.64. The lowest BCUT2D eigenvalue weighted by Crippen LogP contribution is -2.36. The van der Waals surface area contributed by atoms with Crippen LogP contribution < -0.4 is 5.32 Å². The van der Waals surface area contributed by atoms with E-state index in [-0.39, 0.29) is 5.91 Å². The van der Waals surface area contributed by atoms with E-state index in [2.05, 4.69) is 40.3 Å². The molecule has 0 spiro atoms. The number of hydrogen-bond acceptors (Lipinski definition) is 6. The van der Waals surface area contributed by atoms with Gasteiger partial charge in [-0.2, -0.15) is 0 Å². The number of anilines is 1. The molecule has 1 aliphatic heterocycles. The van der Waals surface area contributed by atoms with E-state index in [1.807, 2.05) is 44.5 Å². The molecule has 4 aromatic heterocycles. The summed E-state index contributed by atoms with van der Waals surface area (Å²) in [5.41, 5.74) is 4.34. The van der Waals surface area contributed by atoms with Gasteiger partial charge in [-0.05, 0) is 70.8 Å². The lowest BCUT2D eigenvalue weighted by molar-refractivity contribution is 0.0786. The van der Waals surface area contributed by atoms with Gasteiger partial charge >= 0.3 is 0 Å². The molecule has 182 valence electrons. The average Bonchev–Trinajstić information content (AvgIpc) is 3.63. The summed E-state index contributed by atoms with van der Waals surface area (Å²) in [6.07, 6.45) is 14.3. The smallest absolute Gasteiger partial charge is 0.272 e. The number of likely N-dealkylation sites (tertiary alicyclic amines) is 1. The van der Waals surface area contributed by atoms with Crippen LogP contribution in [0.5, 0.6) is 0 Å². The van der Waals surface area contributed by atoms with Crippen LogP contribution in [-0.2, 0) is 0 Å². The van der Waals surface area contributed by atoms with Crippen molar-refractivity contribution >= 4 is 23.0 Å². The van der Waals surface area contributed by atoms with Crippen molar-refractivity contribution in [1.29, 1.82) is 0 Å². The van der Waals surface area contributed by atoms with E-state index in [0.29, 0.717) is 23.7 Å². The normalized spacial score (nSPS) is 20.8. The summed E-state index contributed by atoms with van der Waals surface area (Å²) in [7, 11) is 4.33. The van der Waals surface area contributed by atoms with Gasteiger partial charge in [-0.15, -0.1) is 5.10 Å². The first kappa shape index (κ1) is 22.0. The van der Waals surface area contributed by atoms with E-state index < -0.39 is 0 Å². The maximum atomic E-state index is 13.0. The molecule has 5 heterocycles. The highest BCUT2D eigenvalue weighted by atomic mass is 16.2. The second-order valence-electron chi connectivity index (χ2n) is 10.0. The summed E-state index contributed by atoms with van der Waals surface area (Å²) in [6.45, 7) is 1.64. The van der Waals surface area contributed by atoms with Crippen LogP contribution >= 0.6 is 0 Å². The largest absolute Gasteiger partial charge is 0.350 e. The zero-order chi connectivity index (χ0) is 23.9. The van der Waals surface area contributed by atoms with Crippen molar-refractivity contribution in [3.63, 3.8) is 0 Å². The molecule has 1 saturated heterocycles. The molecule has 1 amide bonds. The second-order valence-corrected chi connectivity index (χ2v) is 10.0. The van der Waals surface area contributed by atoms with Gasteiger partial charge in [0.15, 0.2) is 0 Å². The molecule has 6 rings (SSSR count). The maximum Gasteiger partial charge on any atom is 0.272 e. The zero-order valence-corrected chi connectivity index (χ0v) is 20.4. The molecule has 9 nitrogen and oxygen atoms in total. The maximum absolute atomic E-state index is 13.0. The van der Waals surface area contributed by atoms with E-state index in [4.69, 9.17) is 5.10 Å². The van der Waals surface area contributed by atoms with Crippen molar-refractivity contribution in [2.45, 2.75) is 50.6 Å². The van der Waals surface area contributed by atoms with E-state index in [9.17, 15) is 4.79 Å². The van der Waals surface area contributed by atoms with Crippen molar-refractivity contribution < 1.29 is 4.79 Å². The monoisotopic (exact) mass is 472 g/mol. The number of hydrogen-bond donors (Lipinski definition) is 1. The number of amides is 1. The number of carbonyl (C=O) groups excluding carboxylic acids is 1. The van der Waals surface area contributed by atoms with Crippen LogP contribution in [0, 0.1) is 0 Å². The molecule has 2 aliphatic rings. The van der Waals surface area contributed by atoms with Crippen LogP contribution in [0.15, 0.2) is 43.0 Å². The van der Waals surface area contributed by atoms with Gasteiger partial charge in [0.05, 0.1) is 17.9 Å². The predicted molar refractivity (Wildman–Crippen MR) is 136 cm³/mol. The summed E-state index contributed by atoms with van der Waals surface area (Å²) >= 11 is 0. The van der Waals surface area contributed by atoms with Gasteiger partial charge in [-0.25, -0.2) is 14.5 Å². The minimum absolute atomic E-state index is 0.0487. The van der Waals surface area contributed by atoms with Gasteiger partial charge in [-0.1, -0.05) is 0 Å². The Morgan fingerprint density at radius 2 is 1.83 bits per heavy atom. The van der Waals surface area contributed by atoms with Gasteiger partial charge in [-0.3, -0.25) is 9.20 Å². The zero-order valence-electron chi connectivity index (χ0n) is 20.4. The van der Waals surface area contributed by atoms with E-state index in [1.54, 1.807) is 6.20 Å². The molecule has 1 aliphatic carbocycles.